The van der Waals surface area contributed by atoms with Crippen LogP contribution in [0.2, 0.25) is 10.0 Å². The van der Waals surface area contributed by atoms with Crippen molar-refractivity contribution < 1.29 is 9.13 Å². The second kappa shape index (κ2) is 5.92. The Kier molecular flexibility index (Phi) is 4.26. The van der Waals surface area contributed by atoms with Gasteiger partial charge in [-0.2, -0.15) is 5.26 Å². The van der Waals surface area contributed by atoms with Gasteiger partial charge in [-0.25, -0.2) is 4.39 Å². The Bertz CT molecular complexity index is 652. The lowest BCUT2D eigenvalue weighted by Gasteiger charge is -2.10. The molecule has 0 radical (unpaired) electrons. The molecule has 2 rings (SSSR count). The zero-order chi connectivity index (χ0) is 13.8. The largest absolute Gasteiger partial charge is 0.487 e. The van der Waals surface area contributed by atoms with Crippen molar-refractivity contribution in [3.8, 4) is 11.8 Å². The maximum Gasteiger partial charge on any atom is 0.139 e. The molecule has 2 nitrogen and oxygen atoms in total. The molecule has 19 heavy (non-hydrogen) atoms. The summed E-state index contributed by atoms with van der Waals surface area (Å²) in [6, 6.07) is 10.9. The summed E-state index contributed by atoms with van der Waals surface area (Å²) >= 11 is 11.8. The molecule has 0 heterocycles. The molecule has 0 saturated carbocycles. The van der Waals surface area contributed by atoms with Crippen molar-refractivity contribution in [1.82, 2.24) is 0 Å². The van der Waals surface area contributed by atoms with E-state index in [1.165, 1.54) is 18.2 Å². The van der Waals surface area contributed by atoms with Crippen LogP contribution in [-0.2, 0) is 6.61 Å². The molecule has 0 N–H and O–H groups in total. The van der Waals surface area contributed by atoms with E-state index in [2.05, 4.69) is 0 Å². The van der Waals surface area contributed by atoms with E-state index in [0.29, 0.717) is 26.9 Å². The molecule has 0 amide bonds. The molecule has 96 valence electrons. The molecule has 5 heteroatoms. The van der Waals surface area contributed by atoms with Crippen molar-refractivity contribution in [1.29, 1.82) is 5.26 Å². The minimum absolute atomic E-state index is 0.0424. The average Bonchev–Trinajstić information content (AvgIpc) is 2.40. The number of halogens is 3. The van der Waals surface area contributed by atoms with E-state index >= 15 is 0 Å². The topological polar surface area (TPSA) is 33.0 Å². The minimum Gasteiger partial charge on any atom is -0.487 e. The lowest BCUT2D eigenvalue weighted by atomic mass is 10.1. The van der Waals surface area contributed by atoms with Gasteiger partial charge in [-0.05, 0) is 30.3 Å². The van der Waals surface area contributed by atoms with Crippen molar-refractivity contribution in [3.05, 3.63) is 63.4 Å². The van der Waals surface area contributed by atoms with Crippen LogP contribution in [-0.4, -0.2) is 0 Å². The fourth-order valence-electron chi connectivity index (χ4n) is 1.54. The Balaban J connectivity index is 2.21. The lowest BCUT2D eigenvalue weighted by molar-refractivity contribution is 0.305. The summed E-state index contributed by atoms with van der Waals surface area (Å²) in [4.78, 5) is 0. The zero-order valence-electron chi connectivity index (χ0n) is 9.66. The van der Waals surface area contributed by atoms with Crippen LogP contribution >= 0.6 is 23.2 Å². The molecule has 0 fully saturated rings. The van der Waals surface area contributed by atoms with E-state index in [4.69, 9.17) is 33.2 Å². The number of rotatable bonds is 3. The van der Waals surface area contributed by atoms with Gasteiger partial charge in [-0.3, -0.25) is 0 Å². The fourth-order valence-corrected chi connectivity index (χ4v) is 1.89. The first-order valence-corrected chi connectivity index (χ1v) is 6.12. The van der Waals surface area contributed by atoms with Crippen LogP contribution in [0.5, 0.6) is 5.75 Å². The predicted molar refractivity (Wildman–Crippen MR) is 71.9 cm³/mol. The third-order valence-corrected chi connectivity index (χ3v) is 3.29. The van der Waals surface area contributed by atoms with Gasteiger partial charge in [0.1, 0.15) is 23.2 Å². The zero-order valence-corrected chi connectivity index (χ0v) is 11.2. The Morgan fingerprint density at radius 2 is 2.00 bits per heavy atom. The molecule has 0 spiro atoms. The van der Waals surface area contributed by atoms with E-state index in [1.807, 2.05) is 6.07 Å². The van der Waals surface area contributed by atoms with Gasteiger partial charge in [0.05, 0.1) is 16.7 Å². The highest BCUT2D eigenvalue weighted by atomic mass is 35.5. The van der Waals surface area contributed by atoms with E-state index in [0.717, 1.165) is 0 Å². The Morgan fingerprint density at radius 1 is 1.21 bits per heavy atom. The first-order valence-electron chi connectivity index (χ1n) is 5.37. The average molecular weight is 296 g/mol. The Morgan fingerprint density at radius 3 is 2.74 bits per heavy atom. The van der Waals surface area contributed by atoms with Crippen molar-refractivity contribution in [2.45, 2.75) is 6.61 Å². The summed E-state index contributed by atoms with van der Waals surface area (Å²) in [6.45, 7) is 0.0424. The van der Waals surface area contributed by atoms with Gasteiger partial charge >= 0.3 is 0 Å². The standard InChI is InChI=1S/C14H8Cl2FNO/c15-12-2-1-3-13(14(12)16)19-8-10-6-11(17)5-4-9(10)7-18/h1-6H,8H2. The second-order valence-electron chi connectivity index (χ2n) is 3.75. The van der Waals surface area contributed by atoms with Gasteiger partial charge in [-0.1, -0.05) is 29.3 Å². The molecule has 2 aromatic carbocycles. The molecule has 2 aromatic rings. The molecule has 0 bridgehead atoms. The molecular formula is C14H8Cl2FNO. The van der Waals surface area contributed by atoms with Crippen LogP contribution < -0.4 is 4.74 Å². The first-order chi connectivity index (χ1) is 9.11. The monoisotopic (exact) mass is 295 g/mol. The summed E-state index contributed by atoms with van der Waals surface area (Å²) in [5.74, 6) is -0.0305. The van der Waals surface area contributed by atoms with E-state index in [1.54, 1.807) is 18.2 Å². The van der Waals surface area contributed by atoms with Crippen LogP contribution in [0.25, 0.3) is 0 Å². The maximum absolute atomic E-state index is 13.1. The molecule has 0 unspecified atom stereocenters. The van der Waals surface area contributed by atoms with Crippen LogP contribution in [0.1, 0.15) is 11.1 Å². The number of ether oxygens (including phenoxy) is 1. The van der Waals surface area contributed by atoms with Crippen LogP contribution in [0.4, 0.5) is 4.39 Å². The van der Waals surface area contributed by atoms with Crippen molar-refractivity contribution in [2.24, 2.45) is 0 Å². The number of nitriles is 1. The molecule has 0 aliphatic carbocycles. The summed E-state index contributed by atoms with van der Waals surface area (Å²) < 4.78 is 18.6. The third-order valence-electron chi connectivity index (χ3n) is 2.49. The van der Waals surface area contributed by atoms with Crippen LogP contribution in [0.3, 0.4) is 0 Å². The minimum atomic E-state index is -0.421. The molecule has 0 aliphatic heterocycles. The van der Waals surface area contributed by atoms with Crippen LogP contribution in [0.15, 0.2) is 36.4 Å². The van der Waals surface area contributed by atoms with Crippen molar-refractivity contribution in [2.75, 3.05) is 0 Å². The smallest absolute Gasteiger partial charge is 0.139 e. The van der Waals surface area contributed by atoms with Gasteiger partial charge in [0, 0.05) is 5.56 Å². The number of nitrogens with zero attached hydrogens (tertiary/aromatic N) is 1. The molecule has 0 atom stereocenters. The number of benzene rings is 2. The quantitative estimate of drug-likeness (QED) is 0.830. The van der Waals surface area contributed by atoms with Gasteiger partial charge in [-0.15, -0.1) is 0 Å². The summed E-state index contributed by atoms with van der Waals surface area (Å²) in [6.07, 6.45) is 0. The van der Waals surface area contributed by atoms with Gasteiger partial charge in [0.25, 0.3) is 0 Å². The summed E-state index contributed by atoms with van der Waals surface area (Å²) in [7, 11) is 0. The highest BCUT2D eigenvalue weighted by Gasteiger charge is 2.08. The lowest BCUT2D eigenvalue weighted by Crippen LogP contribution is -1.99. The normalized spacial score (nSPS) is 10.0. The summed E-state index contributed by atoms with van der Waals surface area (Å²) in [5.41, 5.74) is 0.818. The van der Waals surface area contributed by atoms with Crippen LogP contribution in [0, 0.1) is 17.1 Å². The molecule has 0 saturated heterocycles. The fraction of sp³-hybridized carbons (Fsp3) is 0.0714. The molecular weight excluding hydrogens is 288 g/mol. The second-order valence-corrected chi connectivity index (χ2v) is 4.54. The Labute approximate surface area is 119 Å². The third kappa shape index (κ3) is 3.17. The van der Waals surface area contributed by atoms with Gasteiger partial charge < -0.3 is 4.74 Å². The Hall–Kier alpha value is -1.76. The van der Waals surface area contributed by atoms with Crippen molar-refractivity contribution in [3.63, 3.8) is 0 Å². The van der Waals surface area contributed by atoms with E-state index in [-0.39, 0.29) is 6.61 Å². The van der Waals surface area contributed by atoms with E-state index < -0.39 is 5.82 Å². The first kappa shape index (κ1) is 13.7. The number of hydrogen-bond acceptors (Lipinski definition) is 2. The highest BCUT2D eigenvalue weighted by molar-refractivity contribution is 6.42. The summed E-state index contributed by atoms with van der Waals surface area (Å²) in [5, 5.41) is 9.59. The van der Waals surface area contributed by atoms with Gasteiger partial charge in [0.15, 0.2) is 0 Å². The maximum atomic E-state index is 13.1. The highest BCUT2D eigenvalue weighted by Crippen LogP contribution is 2.32. The SMILES string of the molecule is N#Cc1ccc(F)cc1COc1cccc(Cl)c1Cl. The number of hydrogen-bond donors (Lipinski definition) is 0. The predicted octanol–water partition coefficient (Wildman–Crippen LogP) is 4.58. The molecule has 0 aromatic heterocycles. The molecule has 0 aliphatic rings. The van der Waals surface area contributed by atoms with Crippen molar-refractivity contribution >= 4 is 23.2 Å². The van der Waals surface area contributed by atoms with Gasteiger partial charge in [0.2, 0.25) is 0 Å². The van der Waals surface area contributed by atoms with E-state index in [9.17, 15) is 4.39 Å².